The van der Waals surface area contributed by atoms with Crippen molar-refractivity contribution in [2.75, 3.05) is 13.2 Å². The molecule has 26 heavy (non-hydrogen) atoms. The van der Waals surface area contributed by atoms with Crippen molar-refractivity contribution in [1.29, 1.82) is 0 Å². The number of carbonyl (C=O) groups excluding carboxylic acids is 1. The van der Waals surface area contributed by atoms with Gasteiger partial charge in [0.05, 0.1) is 17.0 Å². The molecule has 138 valence electrons. The number of hydrogen-bond donors (Lipinski definition) is 0. The second-order valence-corrected chi connectivity index (χ2v) is 7.71. The Hall–Kier alpha value is -2.14. The molecule has 0 aliphatic carbocycles. The number of hydrogen-bond acceptors (Lipinski definition) is 3. The van der Waals surface area contributed by atoms with Crippen LogP contribution in [0.5, 0.6) is 0 Å². The Labute approximate surface area is 154 Å². The van der Waals surface area contributed by atoms with Gasteiger partial charge in [-0.1, -0.05) is 12.1 Å². The van der Waals surface area contributed by atoms with Gasteiger partial charge < -0.3 is 9.64 Å². The molecule has 1 atom stereocenters. The molecule has 4 rings (SSSR count). The fraction of sp³-hybridized carbons (Fsp3) is 0.524. The third kappa shape index (κ3) is 3.40. The van der Waals surface area contributed by atoms with E-state index in [1.807, 2.05) is 22.6 Å². The van der Waals surface area contributed by atoms with Crippen molar-refractivity contribution >= 4 is 5.91 Å². The Morgan fingerprint density at radius 3 is 2.81 bits per heavy atom. The molecule has 0 bridgehead atoms. The highest BCUT2D eigenvalue weighted by molar-refractivity contribution is 5.76. The van der Waals surface area contributed by atoms with Crippen molar-refractivity contribution in [2.24, 2.45) is 0 Å². The van der Waals surface area contributed by atoms with E-state index < -0.39 is 0 Å². The molecule has 2 aliphatic rings. The van der Waals surface area contributed by atoms with Crippen LogP contribution in [0.15, 0.2) is 30.3 Å². The third-order valence-corrected chi connectivity index (χ3v) is 5.71. The maximum Gasteiger partial charge on any atom is 0.222 e. The van der Waals surface area contributed by atoms with Gasteiger partial charge in [-0.25, -0.2) is 4.68 Å². The summed E-state index contributed by atoms with van der Waals surface area (Å²) in [6, 6.07) is 10.4. The topological polar surface area (TPSA) is 47.4 Å². The molecule has 5 heteroatoms. The SMILES string of the molecule is Cc1cc(C)n(-c2cccc(CN3CC[C@@]4(CCCO4)CCC3=O)c2)n1. The van der Waals surface area contributed by atoms with Crippen LogP contribution in [-0.2, 0) is 16.1 Å². The van der Waals surface area contributed by atoms with E-state index in [1.54, 1.807) is 0 Å². The minimum atomic E-state index is -0.0457. The van der Waals surface area contributed by atoms with Gasteiger partial charge in [-0.2, -0.15) is 5.10 Å². The van der Waals surface area contributed by atoms with Gasteiger partial charge in [-0.3, -0.25) is 4.79 Å². The van der Waals surface area contributed by atoms with Crippen LogP contribution in [0.25, 0.3) is 5.69 Å². The van der Waals surface area contributed by atoms with Gasteiger partial charge in [0, 0.05) is 31.8 Å². The zero-order valence-electron chi connectivity index (χ0n) is 15.7. The maximum absolute atomic E-state index is 12.6. The molecule has 1 spiro atoms. The highest BCUT2D eigenvalue weighted by Crippen LogP contribution is 2.36. The van der Waals surface area contributed by atoms with Crippen LogP contribution in [0.1, 0.15) is 49.1 Å². The standard InChI is InChI=1S/C21H27N3O2/c1-16-13-17(2)24(22-16)19-6-3-5-18(14-19)15-23-11-10-21(8-4-12-26-21)9-7-20(23)25/h3,5-6,13-14H,4,7-12,15H2,1-2H3/t21-/m1/s1. The van der Waals surface area contributed by atoms with Gasteiger partial charge in [-0.05, 0) is 63.3 Å². The summed E-state index contributed by atoms with van der Waals surface area (Å²) in [6.45, 7) is 6.35. The molecule has 3 heterocycles. The van der Waals surface area contributed by atoms with Crippen LogP contribution in [0.4, 0.5) is 0 Å². The fourth-order valence-corrected chi connectivity index (χ4v) is 4.30. The number of amides is 1. The number of aryl methyl sites for hydroxylation is 2. The predicted molar refractivity (Wildman–Crippen MR) is 100 cm³/mol. The number of benzene rings is 1. The van der Waals surface area contributed by atoms with E-state index in [0.717, 1.165) is 61.5 Å². The van der Waals surface area contributed by atoms with Crippen molar-refractivity contribution < 1.29 is 9.53 Å². The molecule has 1 amide bonds. The number of nitrogens with zero attached hydrogens (tertiary/aromatic N) is 3. The first-order valence-corrected chi connectivity index (χ1v) is 9.59. The maximum atomic E-state index is 12.6. The lowest BCUT2D eigenvalue weighted by atomic mass is 9.92. The van der Waals surface area contributed by atoms with E-state index in [1.165, 1.54) is 0 Å². The zero-order chi connectivity index (χ0) is 18.1. The molecule has 2 aromatic rings. The second-order valence-electron chi connectivity index (χ2n) is 7.71. The number of carbonyl (C=O) groups is 1. The van der Waals surface area contributed by atoms with Crippen molar-refractivity contribution in [3.63, 3.8) is 0 Å². The molecule has 0 N–H and O–H groups in total. The minimum absolute atomic E-state index is 0.0457. The van der Waals surface area contributed by atoms with Crippen molar-refractivity contribution in [3.05, 3.63) is 47.3 Å². The molecule has 0 unspecified atom stereocenters. The Bertz CT molecular complexity index is 805. The number of rotatable bonds is 3. The monoisotopic (exact) mass is 353 g/mol. The van der Waals surface area contributed by atoms with E-state index in [2.05, 4.69) is 36.3 Å². The van der Waals surface area contributed by atoms with Crippen LogP contribution in [-0.4, -0.2) is 39.3 Å². The number of ether oxygens (including phenoxy) is 1. The van der Waals surface area contributed by atoms with Gasteiger partial charge in [0.1, 0.15) is 0 Å². The normalized spacial score (nSPS) is 23.6. The highest BCUT2D eigenvalue weighted by Gasteiger charge is 2.38. The molecule has 2 aliphatic heterocycles. The Balaban J connectivity index is 1.51. The first-order chi connectivity index (χ1) is 12.5. The van der Waals surface area contributed by atoms with E-state index in [0.29, 0.717) is 13.0 Å². The first kappa shape index (κ1) is 17.3. The van der Waals surface area contributed by atoms with Crippen molar-refractivity contribution in [3.8, 4) is 5.69 Å². The summed E-state index contributed by atoms with van der Waals surface area (Å²) in [7, 11) is 0. The van der Waals surface area contributed by atoms with Crippen molar-refractivity contribution in [2.45, 2.75) is 58.1 Å². The summed E-state index contributed by atoms with van der Waals surface area (Å²) in [6.07, 6.45) is 4.64. The van der Waals surface area contributed by atoms with Crippen LogP contribution in [0.3, 0.4) is 0 Å². The lowest BCUT2D eigenvalue weighted by molar-refractivity contribution is -0.131. The molecule has 2 fully saturated rings. The van der Waals surface area contributed by atoms with E-state index in [9.17, 15) is 4.79 Å². The molecule has 2 saturated heterocycles. The molecule has 0 saturated carbocycles. The van der Waals surface area contributed by atoms with Gasteiger partial charge in [0.2, 0.25) is 5.91 Å². The second kappa shape index (κ2) is 6.88. The number of likely N-dealkylation sites (tertiary alicyclic amines) is 1. The van der Waals surface area contributed by atoms with Gasteiger partial charge >= 0.3 is 0 Å². The van der Waals surface area contributed by atoms with Crippen LogP contribution >= 0.6 is 0 Å². The third-order valence-electron chi connectivity index (χ3n) is 5.71. The zero-order valence-corrected chi connectivity index (χ0v) is 15.7. The molecule has 1 aromatic carbocycles. The largest absolute Gasteiger partial charge is 0.375 e. The average Bonchev–Trinajstić information content (AvgIpc) is 3.19. The van der Waals surface area contributed by atoms with Crippen LogP contribution in [0, 0.1) is 13.8 Å². The fourth-order valence-electron chi connectivity index (χ4n) is 4.30. The molecular formula is C21H27N3O2. The quantitative estimate of drug-likeness (QED) is 0.848. The van der Waals surface area contributed by atoms with Crippen LogP contribution in [0.2, 0.25) is 0 Å². The Kier molecular flexibility index (Phi) is 4.57. The lowest BCUT2D eigenvalue weighted by Crippen LogP contribution is -2.32. The molecule has 5 nitrogen and oxygen atoms in total. The molecule has 1 aromatic heterocycles. The van der Waals surface area contributed by atoms with Gasteiger partial charge in [-0.15, -0.1) is 0 Å². The summed E-state index contributed by atoms with van der Waals surface area (Å²) in [4.78, 5) is 14.6. The smallest absolute Gasteiger partial charge is 0.222 e. The first-order valence-electron chi connectivity index (χ1n) is 9.59. The van der Waals surface area contributed by atoms with E-state index >= 15 is 0 Å². The summed E-state index contributed by atoms with van der Waals surface area (Å²) in [5.41, 5.74) is 4.27. The van der Waals surface area contributed by atoms with E-state index in [-0.39, 0.29) is 11.5 Å². The summed E-state index contributed by atoms with van der Waals surface area (Å²) in [5, 5.41) is 4.57. The molecular weight excluding hydrogens is 326 g/mol. The average molecular weight is 353 g/mol. The lowest BCUT2D eigenvalue weighted by Gasteiger charge is -2.26. The highest BCUT2D eigenvalue weighted by atomic mass is 16.5. The summed E-state index contributed by atoms with van der Waals surface area (Å²) in [5.74, 6) is 0.244. The minimum Gasteiger partial charge on any atom is -0.375 e. The van der Waals surface area contributed by atoms with Crippen molar-refractivity contribution in [1.82, 2.24) is 14.7 Å². The van der Waals surface area contributed by atoms with Gasteiger partial charge in [0.25, 0.3) is 0 Å². The Morgan fingerprint density at radius 1 is 1.19 bits per heavy atom. The number of aromatic nitrogens is 2. The van der Waals surface area contributed by atoms with Gasteiger partial charge in [0.15, 0.2) is 0 Å². The summed E-state index contributed by atoms with van der Waals surface area (Å²) < 4.78 is 7.97. The Morgan fingerprint density at radius 2 is 2.08 bits per heavy atom. The molecule has 0 radical (unpaired) electrons. The summed E-state index contributed by atoms with van der Waals surface area (Å²) >= 11 is 0. The van der Waals surface area contributed by atoms with Crippen LogP contribution < -0.4 is 0 Å². The predicted octanol–water partition coefficient (Wildman–Crippen LogP) is 3.55. The van der Waals surface area contributed by atoms with E-state index in [4.69, 9.17) is 4.74 Å².